The van der Waals surface area contributed by atoms with Crippen LogP contribution in [0.4, 0.5) is 5.69 Å². The van der Waals surface area contributed by atoms with Crippen LogP contribution in [0.3, 0.4) is 0 Å². The van der Waals surface area contributed by atoms with Crippen LogP contribution in [0.1, 0.15) is 25.3 Å². The van der Waals surface area contributed by atoms with Gasteiger partial charge in [-0.15, -0.1) is 0 Å². The summed E-state index contributed by atoms with van der Waals surface area (Å²) in [4.78, 5) is 12.2. The van der Waals surface area contributed by atoms with Gasteiger partial charge in [0.05, 0.1) is 0 Å². The number of nitrogens with one attached hydrogen (secondary N) is 1. The molecule has 3 aromatic rings. The number of rotatable bonds is 4. The summed E-state index contributed by atoms with van der Waals surface area (Å²) in [6.07, 6.45) is 1.95. The third kappa shape index (κ3) is 3.57. The van der Waals surface area contributed by atoms with Gasteiger partial charge in [0.15, 0.2) is 0 Å². The number of carbonyl (C=O) groups is 1. The summed E-state index contributed by atoms with van der Waals surface area (Å²) in [5.41, 5.74) is 3.08. The van der Waals surface area contributed by atoms with Crippen molar-refractivity contribution in [1.82, 2.24) is 4.57 Å². The van der Waals surface area contributed by atoms with Crippen LogP contribution in [0.2, 0.25) is 5.02 Å². The van der Waals surface area contributed by atoms with E-state index in [1.165, 1.54) is 5.56 Å². The second kappa shape index (κ2) is 6.47. The van der Waals surface area contributed by atoms with Crippen LogP contribution in [0.5, 0.6) is 0 Å². The minimum absolute atomic E-state index is 0.0716. The molecule has 0 bridgehead atoms. The summed E-state index contributed by atoms with van der Waals surface area (Å²) in [5, 5.41) is 4.64. The van der Waals surface area contributed by atoms with E-state index in [2.05, 4.69) is 37.4 Å². The molecule has 0 saturated carbocycles. The number of hydrogen-bond donors (Lipinski definition) is 1. The number of hydrogen-bond acceptors (Lipinski definition) is 1. The van der Waals surface area contributed by atoms with Gasteiger partial charge in [-0.05, 0) is 53.3 Å². The maximum absolute atomic E-state index is 12.2. The molecule has 1 amide bonds. The van der Waals surface area contributed by atoms with Crippen molar-refractivity contribution in [2.24, 2.45) is 0 Å². The van der Waals surface area contributed by atoms with E-state index < -0.39 is 0 Å². The largest absolute Gasteiger partial charge is 0.338 e. The van der Waals surface area contributed by atoms with E-state index in [-0.39, 0.29) is 12.5 Å². The number of amides is 1. The highest BCUT2D eigenvalue weighted by atomic mass is 35.5. The molecule has 1 N–H and O–H groups in total. The molecule has 0 atom stereocenters. The van der Waals surface area contributed by atoms with E-state index in [9.17, 15) is 4.79 Å². The molecule has 0 aliphatic rings. The lowest BCUT2D eigenvalue weighted by atomic mass is 10.0. The van der Waals surface area contributed by atoms with Crippen molar-refractivity contribution in [2.45, 2.75) is 26.3 Å². The van der Waals surface area contributed by atoms with Gasteiger partial charge in [-0.1, -0.05) is 37.6 Å². The highest BCUT2D eigenvalue weighted by Crippen LogP contribution is 2.22. The quantitative estimate of drug-likeness (QED) is 0.714. The fourth-order valence-electron chi connectivity index (χ4n) is 2.64. The Morgan fingerprint density at radius 3 is 2.74 bits per heavy atom. The maximum atomic E-state index is 12.2. The SMILES string of the molecule is CC(C)c1ccc2c(ccn2CC(=O)Nc2cccc(Cl)c2)c1. The summed E-state index contributed by atoms with van der Waals surface area (Å²) < 4.78 is 1.96. The molecular formula is C19H19ClN2O. The van der Waals surface area contributed by atoms with E-state index in [1.807, 2.05) is 29.0 Å². The van der Waals surface area contributed by atoms with Crippen LogP contribution < -0.4 is 5.32 Å². The molecule has 118 valence electrons. The van der Waals surface area contributed by atoms with E-state index in [0.717, 1.165) is 10.9 Å². The first-order valence-electron chi connectivity index (χ1n) is 7.67. The molecule has 4 heteroatoms. The Balaban J connectivity index is 1.77. The van der Waals surface area contributed by atoms with Crippen LogP contribution in [0, 0.1) is 0 Å². The van der Waals surface area contributed by atoms with Gasteiger partial charge in [-0.25, -0.2) is 0 Å². The van der Waals surface area contributed by atoms with E-state index in [4.69, 9.17) is 11.6 Å². The number of halogens is 1. The van der Waals surface area contributed by atoms with Gasteiger partial charge in [0, 0.05) is 22.4 Å². The molecule has 0 fully saturated rings. The summed E-state index contributed by atoms with van der Waals surface area (Å²) in [6, 6.07) is 15.6. The predicted octanol–water partition coefficient (Wildman–Crippen LogP) is 5.06. The molecule has 0 aliphatic heterocycles. The number of aromatic nitrogens is 1. The van der Waals surface area contributed by atoms with Gasteiger partial charge in [0.1, 0.15) is 6.54 Å². The lowest BCUT2D eigenvalue weighted by Gasteiger charge is -2.09. The summed E-state index contributed by atoms with van der Waals surface area (Å²) in [7, 11) is 0. The van der Waals surface area contributed by atoms with E-state index in [1.54, 1.807) is 12.1 Å². The Labute approximate surface area is 140 Å². The van der Waals surface area contributed by atoms with Crippen molar-refractivity contribution >= 4 is 34.1 Å². The molecule has 3 rings (SSSR count). The second-order valence-corrected chi connectivity index (χ2v) is 6.41. The summed E-state index contributed by atoms with van der Waals surface area (Å²) >= 11 is 5.93. The monoisotopic (exact) mass is 326 g/mol. The molecule has 0 unspecified atom stereocenters. The molecule has 3 nitrogen and oxygen atoms in total. The van der Waals surface area contributed by atoms with Gasteiger partial charge >= 0.3 is 0 Å². The summed E-state index contributed by atoms with van der Waals surface area (Å²) in [6.45, 7) is 4.63. The normalized spacial score (nSPS) is 11.1. The highest BCUT2D eigenvalue weighted by molar-refractivity contribution is 6.30. The molecule has 2 aromatic carbocycles. The van der Waals surface area contributed by atoms with Crippen molar-refractivity contribution < 1.29 is 4.79 Å². The topological polar surface area (TPSA) is 34.0 Å². The van der Waals surface area contributed by atoms with Crippen LogP contribution in [-0.2, 0) is 11.3 Å². The molecule has 23 heavy (non-hydrogen) atoms. The van der Waals surface area contributed by atoms with Crippen LogP contribution in [0.25, 0.3) is 10.9 Å². The van der Waals surface area contributed by atoms with Gasteiger partial charge < -0.3 is 9.88 Å². The lowest BCUT2D eigenvalue weighted by molar-refractivity contribution is -0.116. The predicted molar refractivity (Wildman–Crippen MR) is 96.1 cm³/mol. The molecule has 1 aromatic heterocycles. The first-order valence-corrected chi connectivity index (χ1v) is 8.05. The lowest BCUT2D eigenvalue weighted by Crippen LogP contribution is -2.18. The van der Waals surface area contributed by atoms with Crippen molar-refractivity contribution in [3.05, 3.63) is 65.3 Å². The van der Waals surface area contributed by atoms with Crippen molar-refractivity contribution in [3.63, 3.8) is 0 Å². The number of anilines is 1. The molecule has 1 heterocycles. The zero-order valence-electron chi connectivity index (χ0n) is 13.2. The molecular weight excluding hydrogens is 308 g/mol. The van der Waals surface area contributed by atoms with Crippen molar-refractivity contribution in [3.8, 4) is 0 Å². The fraction of sp³-hybridized carbons (Fsp3) is 0.211. The first-order chi connectivity index (χ1) is 11.0. The highest BCUT2D eigenvalue weighted by Gasteiger charge is 2.08. The van der Waals surface area contributed by atoms with Crippen LogP contribution >= 0.6 is 11.6 Å². The maximum Gasteiger partial charge on any atom is 0.244 e. The smallest absolute Gasteiger partial charge is 0.244 e. The zero-order valence-corrected chi connectivity index (χ0v) is 14.0. The van der Waals surface area contributed by atoms with Gasteiger partial charge in [-0.3, -0.25) is 4.79 Å². The molecule has 0 spiro atoms. The number of nitrogens with zero attached hydrogens (tertiary/aromatic N) is 1. The molecule has 0 aliphatic carbocycles. The molecule has 0 radical (unpaired) electrons. The Morgan fingerprint density at radius 1 is 1.17 bits per heavy atom. The Bertz CT molecular complexity index is 851. The Hall–Kier alpha value is -2.26. The average Bonchev–Trinajstić information content (AvgIpc) is 2.89. The second-order valence-electron chi connectivity index (χ2n) is 5.98. The van der Waals surface area contributed by atoms with Crippen LogP contribution in [0.15, 0.2) is 54.7 Å². The van der Waals surface area contributed by atoms with Crippen LogP contribution in [-0.4, -0.2) is 10.5 Å². The number of fused-ring (bicyclic) bond motifs is 1. The van der Waals surface area contributed by atoms with Crippen molar-refractivity contribution in [1.29, 1.82) is 0 Å². The minimum atomic E-state index is -0.0716. The Kier molecular flexibility index (Phi) is 4.39. The van der Waals surface area contributed by atoms with Gasteiger partial charge in [0.25, 0.3) is 0 Å². The minimum Gasteiger partial charge on any atom is -0.338 e. The number of benzene rings is 2. The third-order valence-electron chi connectivity index (χ3n) is 3.88. The molecule has 0 saturated heterocycles. The van der Waals surface area contributed by atoms with Gasteiger partial charge in [-0.2, -0.15) is 0 Å². The van der Waals surface area contributed by atoms with Gasteiger partial charge in [0.2, 0.25) is 5.91 Å². The van der Waals surface area contributed by atoms with E-state index >= 15 is 0 Å². The Morgan fingerprint density at radius 2 is 2.00 bits per heavy atom. The zero-order chi connectivity index (χ0) is 16.4. The average molecular weight is 327 g/mol. The fourth-order valence-corrected chi connectivity index (χ4v) is 2.83. The van der Waals surface area contributed by atoms with Crippen molar-refractivity contribution in [2.75, 3.05) is 5.32 Å². The number of carbonyl (C=O) groups excluding carboxylic acids is 1. The van der Waals surface area contributed by atoms with E-state index in [0.29, 0.717) is 16.6 Å². The first kappa shape index (κ1) is 15.6. The summed E-state index contributed by atoms with van der Waals surface area (Å²) in [5.74, 6) is 0.423. The third-order valence-corrected chi connectivity index (χ3v) is 4.12. The standard InChI is InChI=1S/C19H19ClN2O/c1-13(2)14-6-7-18-15(10-14)8-9-22(18)12-19(23)21-17-5-3-4-16(20)11-17/h3-11,13H,12H2,1-2H3,(H,21,23).